The quantitative estimate of drug-likeness (QED) is 0.536. The smallest absolute Gasteiger partial charge is 0.348 e. The van der Waals surface area contributed by atoms with Crippen molar-refractivity contribution >= 4 is 23.1 Å². The van der Waals surface area contributed by atoms with Gasteiger partial charge in [-0.3, -0.25) is 0 Å². The molecule has 0 fully saturated rings. The molecule has 1 aliphatic rings. The summed E-state index contributed by atoms with van der Waals surface area (Å²) in [5, 5.41) is 5.15. The van der Waals surface area contributed by atoms with Crippen LogP contribution in [0.25, 0.3) is 5.52 Å². The highest BCUT2D eigenvalue weighted by atomic mass is 35.5. The van der Waals surface area contributed by atoms with Gasteiger partial charge >= 0.3 is 6.18 Å². The number of fused-ring (bicyclic) bond motifs is 2. The Morgan fingerprint density at radius 2 is 1.97 bits per heavy atom. The summed E-state index contributed by atoms with van der Waals surface area (Å²) >= 11 is 6.27. The molecule has 0 aliphatic carbocycles. The number of imidazole rings is 1. The van der Waals surface area contributed by atoms with E-state index in [0.29, 0.717) is 23.7 Å². The molecule has 5 rings (SSSR count). The molecule has 29 heavy (non-hydrogen) atoms. The van der Waals surface area contributed by atoms with Crippen molar-refractivity contribution in [1.29, 1.82) is 0 Å². The standard InChI is InChI=1S/C18H13ClF3N7/c19-11-2-1-4-29-14(11)6-13(27-29)16-15-12(25-9-26-15)3-5-28(16)17-23-7-10(8-24-17)18(20,21)22/h1-2,4,6-9,16H,3,5H2,(H,25,26)/t16-/m1/s1. The number of anilines is 1. The van der Waals surface area contributed by atoms with E-state index >= 15 is 0 Å². The van der Waals surface area contributed by atoms with Crippen LogP contribution in [0.15, 0.2) is 43.1 Å². The number of hydrogen-bond donors (Lipinski definition) is 1. The maximum absolute atomic E-state index is 12.9. The largest absolute Gasteiger partial charge is 0.419 e. The number of alkyl halides is 3. The third-order valence-electron chi connectivity index (χ3n) is 4.90. The van der Waals surface area contributed by atoms with Gasteiger partial charge in [-0.2, -0.15) is 18.3 Å². The molecule has 4 aromatic heterocycles. The zero-order valence-corrected chi connectivity index (χ0v) is 15.5. The number of nitrogens with zero attached hydrogens (tertiary/aromatic N) is 6. The van der Waals surface area contributed by atoms with Gasteiger partial charge < -0.3 is 9.88 Å². The maximum Gasteiger partial charge on any atom is 0.419 e. The van der Waals surface area contributed by atoms with E-state index in [1.54, 1.807) is 34.1 Å². The first kappa shape index (κ1) is 17.9. The molecule has 148 valence electrons. The van der Waals surface area contributed by atoms with Crippen molar-refractivity contribution in [3.8, 4) is 0 Å². The fraction of sp³-hybridized carbons (Fsp3) is 0.222. The number of aromatic amines is 1. The van der Waals surface area contributed by atoms with Gasteiger partial charge in [0.25, 0.3) is 0 Å². The second-order valence-corrected chi connectivity index (χ2v) is 7.04. The van der Waals surface area contributed by atoms with Crippen molar-refractivity contribution in [2.24, 2.45) is 0 Å². The molecule has 0 amide bonds. The minimum absolute atomic E-state index is 0.180. The van der Waals surface area contributed by atoms with Crippen molar-refractivity contribution in [2.45, 2.75) is 18.6 Å². The van der Waals surface area contributed by atoms with Crippen molar-refractivity contribution in [3.05, 3.63) is 70.8 Å². The first-order valence-electron chi connectivity index (χ1n) is 8.73. The van der Waals surface area contributed by atoms with Gasteiger partial charge in [-0.25, -0.2) is 19.5 Å². The molecule has 0 aromatic carbocycles. The maximum atomic E-state index is 12.9. The second-order valence-electron chi connectivity index (χ2n) is 6.64. The molecule has 0 spiro atoms. The zero-order valence-electron chi connectivity index (χ0n) is 14.7. The van der Waals surface area contributed by atoms with Crippen LogP contribution in [0.2, 0.25) is 5.02 Å². The molecular formula is C18H13ClF3N7. The second kappa shape index (κ2) is 6.45. The number of pyridine rings is 1. The minimum atomic E-state index is -4.49. The van der Waals surface area contributed by atoms with E-state index in [1.807, 2.05) is 6.07 Å². The molecule has 5 heterocycles. The molecule has 0 bridgehead atoms. The SMILES string of the molecule is FC(F)(F)c1cnc(N2CCc3[nH]cnc3[C@H]2c2cc3c(Cl)cccn3n2)nc1. The Balaban J connectivity index is 1.61. The number of aromatic nitrogens is 6. The summed E-state index contributed by atoms with van der Waals surface area (Å²) in [5.41, 5.74) is 2.16. The molecule has 0 radical (unpaired) electrons. The van der Waals surface area contributed by atoms with Gasteiger partial charge in [0.1, 0.15) is 6.04 Å². The average molecular weight is 420 g/mol. The summed E-state index contributed by atoms with van der Waals surface area (Å²) in [6.45, 7) is 0.493. The van der Waals surface area contributed by atoms with E-state index in [9.17, 15) is 13.2 Å². The normalized spacial score (nSPS) is 17.0. The monoisotopic (exact) mass is 419 g/mol. The van der Waals surface area contributed by atoms with Gasteiger partial charge in [0, 0.05) is 37.3 Å². The van der Waals surface area contributed by atoms with Crippen LogP contribution in [0, 0.1) is 0 Å². The molecule has 1 aliphatic heterocycles. The molecule has 7 nitrogen and oxygen atoms in total. The van der Waals surface area contributed by atoms with E-state index in [2.05, 4.69) is 25.0 Å². The van der Waals surface area contributed by atoms with Crippen LogP contribution in [-0.4, -0.2) is 36.1 Å². The summed E-state index contributed by atoms with van der Waals surface area (Å²) in [4.78, 5) is 17.3. The molecule has 11 heteroatoms. The Labute approximate surface area is 167 Å². The van der Waals surface area contributed by atoms with Crippen LogP contribution in [0.4, 0.5) is 19.1 Å². The van der Waals surface area contributed by atoms with E-state index in [-0.39, 0.29) is 5.95 Å². The first-order chi connectivity index (χ1) is 13.9. The Hall–Kier alpha value is -3.14. The summed E-state index contributed by atoms with van der Waals surface area (Å²) in [6.07, 6.45) is 1.09. The van der Waals surface area contributed by atoms with Gasteiger partial charge in [0.05, 0.1) is 33.8 Å². The molecule has 0 saturated carbocycles. The van der Waals surface area contributed by atoms with Crippen LogP contribution in [-0.2, 0) is 12.6 Å². The number of hydrogen-bond acceptors (Lipinski definition) is 5. The Morgan fingerprint density at radius 3 is 2.69 bits per heavy atom. The van der Waals surface area contributed by atoms with Crippen molar-refractivity contribution < 1.29 is 13.2 Å². The Kier molecular flexibility index (Phi) is 3.98. The topological polar surface area (TPSA) is 75.0 Å². The van der Waals surface area contributed by atoms with Crippen molar-refractivity contribution in [2.75, 3.05) is 11.4 Å². The van der Waals surface area contributed by atoms with Gasteiger partial charge in [-0.05, 0) is 18.2 Å². The van der Waals surface area contributed by atoms with Gasteiger partial charge in [0.15, 0.2) is 0 Å². The summed E-state index contributed by atoms with van der Waals surface area (Å²) in [6, 6.07) is 4.93. The van der Waals surface area contributed by atoms with Crippen molar-refractivity contribution in [3.63, 3.8) is 0 Å². The first-order valence-corrected chi connectivity index (χ1v) is 9.11. The van der Waals surface area contributed by atoms with E-state index in [1.165, 1.54) is 0 Å². The molecule has 1 N–H and O–H groups in total. The number of rotatable bonds is 2. The fourth-order valence-corrected chi connectivity index (χ4v) is 3.75. The lowest BCUT2D eigenvalue weighted by Gasteiger charge is -2.33. The van der Waals surface area contributed by atoms with Gasteiger partial charge in [0.2, 0.25) is 5.95 Å². The zero-order chi connectivity index (χ0) is 20.2. The van der Waals surface area contributed by atoms with Crippen LogP contribution >= 0.6 is 11.6 Å². The summed E-state index contributed by atoms with van der Waals surface area (Å²) < 4.78 is 40.3. The number of halogens is 4. The molecular weight excluding hydrogens is 407 g/mol. The van der Waals surface area contributed by atoms with Gasteiger partial charge in [-0.1, -0.05) is 11.6 Å². The molecule has 0 saturated heterocycles. The van der Waals surface area contributed by atoms with Crippen LogP contribution in [0.5, 0.6) is 0 Å². The number of nitrogens with one attached hydrogen (secondary N) is 1. The van der Waals surface area contributed by atoms with Crippen LogP contribution < -0.4 is 4.90 Å². The molecule has 4 aromatic rings. The third-order valence-corrected chi connectivity index (χ3v) is 5.22. The lowest BCUT2D eigenvalue weighted by atomic mass is 10.00. The Bertz CT molecular complexity index is 1180. The van der Waals surface area contributed by atoms with E-state index in [0.717, 1.165) is 29.3 Å². The third kappa shape index (κ3) is 3.00. The highest BCUT2D eigenvalue weighted by Gasteiger charge is 2.36. The lowest BCUT2D eigenvalue weighted by Crippen LogP contribution is -2.37. The van der Waals surface area contributed by atoms with Gasteiger partial charge in [-0.15, -0.1) is 0 Å². The highest BCUT2D eigenvalue weighted by Crippen LogP contribution is 2.36. The summed E-state index contributed by atoms with van der Waals surface area (Å²) in [5.74, 6) is 0.180. The molecule has 1 atom stereocenters. The molecule has 0 unspecified atom stereocenters. The van der Waals surface area contributed by atoms with Crippen molar-refractivity contribution in [1.82, 2.24) is 29.5 Å². The number of H-pyrrole nitrogens is 1. The summed E-state index contributed by atoms with van der Waals surface area (Å²) in [7, 11) is 0. The lowest BCUT2D eigenvalue weighted by molar-refractivity contribution is -0.138. The van der Waals surface area contributed by atoms with Crippen LogP contribution in [0.3, 0.4) is 0 Å². The average Bonchev–Trinajstić information content (AvgIpc) is 3.34. The van der Waals surface area contributed by atoms with Crippen LogP contribution in [0.1, 0.15) is 28.7 Å². The predicted molar refractivity (Wildman–Crippen MR) is 98.7 cm³/mol. The minimum Gasteiger partial charge on any atom is -0.348 e. The van der Waals surface area contributed by atoms with E-state index < -0.39 is 17.8 Å². The fourth-order valence-electron chi connectivity index (χ4n) is 3.54. The van der Waals surface area contributed by atoms with E-state index in [4.69, 9.17) is 11.6 Å². The Morgan fingerprint density at radius 1 is 1.17 bits per heavy atom. The highest BCUT2D eigenvalue weighted by molar-refractivity contribution is 6.33. The predicted octanol–water partition coefficient (Wildman–Crippen LogP) is 3.67.